The van der Waals surface area contributed by atoms with E-state index < -0.39 is 29.9 Å². The van der Waals surface area contributed by atoms with Crippen molar-refractivity contribution in [2.45, 2.75) is 69.5 Å². The quantitative estimate of drug-likeness (QED) is 0.0359. The summed E-state index contributed by atoms with van der Waals surface area (Å²) in [6, 6.07) is 29.7. The molecular weight excluding hydrogens is 681 g/mol. The minimum absolute atomic E-state index is 0.0187. The lowest BCUT2D eigenvalue weighted by Gasteiger charge is -2.24. The zero-order valence-electron chi connectivity index (χ0n) is 30.8. The Morgan fingerprint density at radius 1 is 0.556 bits per heavy atom. The molecule has 0 bridgehead atoms. The molecule has 0 saturated carbocycles. The third-order valence-electron chi connectivity index (χ3n) is 9.07. The second-order valence-electron chi connectivity index (χ2n) is 13.3. The molecule has 0 saturated heterocycles. The Labute approximate surface area is 317 Å². The van der Waals surface area contributed by atoms with Crippen molar-refractivity contribution in [1.29, 1.82) is 0 Å². The number of carbonyl (C=O) groups excluding carboxylic acids is 3. The third kappa shape index (κ3) is 13.9. The summed E-state index contributed by atoms with van der Waals surface area (Å²) in [5.74, 6) is -1.33. The van der Waals surface area contributed by atoms with Crippen molar-refractivity contribution in [3.8, 4) is 11.1 Å². The fourth-order valence-electron chi connectivity index (χ4n) is 6.03. The van der Waals surface area contributed by atoms with Crippen LogP contribution in [-0.4, -0.2) is 67.4 Å². The summed E-state index contributed by atoms with van der Waals surface area (Å²) in [5.41, 5.74) is 32.5. The van der Waals surface area contributed by atoms with Crippen LogP contribution >= 0.6 is 0 Å². The van der Waals surface area contributed by atoms with Gasteiger partial charge in [0.2, 0.25) is 17.7 Å². The van der Waals surface area contributed by atoms with Gasteiger partial charge in [-0.2, -0.15) is 0 Å². The molecule has 13 N–H and O–H groups in total. The average Bonchev–Trinajstić information content (AvgIpc) is 3.17. The van der Waals surface area contributed by atoms with Gasteiger partial charge in [-0.1, -0.05) is 97.1 Å². The van der Waals surface area contributed by atoms with Gasteiger partial charge in [-0.05, 0) is 84.4 Å². The number of nitrogens with two attached hydrogens (primary N) is 5. The Balaban J connectivity index is 1.41. The van der Waals surface area contributed by atoms with E-state index in [-0.39, 0.29) is 30.8 Å². The van der Waals surface area contributed by atoms with Crippen molar-refractivity contribution in [3.63, 3.8) is 0 Å². The highest BCUT2D eigenvalue weighted by Gasteiger charge is 2.28. The predicted molar refractivity (Wildman–Crippen MR) is 217 cm³/mol. The fraction of sp³-hybridized carbons (Fsp3) is 0.341. The second kappa shape index (κ2) is 21.5. The highest BCUT2D eigenvalue weighted by Crippen LogP contribution is 2.20. The minimum atomic E-state index is -0.974. The lowest BCUT2D eigenvalue weighted by Crippen LogP contribution is -2.56. The van der Waals surface area contributed by atoms with Gasteiger partial charge in [-0.3, -0.25) is 24.4 Å². The maximum atomic E-state index is 13.9. The number of hydrogen-bond donors (Lipinski definition) is 8. The molecule has 4 rings (SSSR count). The van der Waals surface area contributed by atoms with Crippen LogP contribution in [0.4, 0.5) is 0 Å². The van der Waals surface area contributed by atoms with Gasteiger partial charge < -0.3 is 44.6 Å². The van der Waals surface area contributed by atoms with E-state index in [9.17, 15) is 14.4 Å². The van der Waals surface area contributed by atoms with Crippen LogP contribution in [-0.2, 0) is 27.2 Å². The van der Waals surface area contributed by atoms with Crippen LogP contribution in [0.5, 0.6) is 0 Å². The molecule has 3 amide bonds. The maximum absolute atomic E-state index is 13.9. The van der Waals surface area contributed by atoms with Crippen LogP contribution in [0.25, 0.3) is 21.9 Å². The molecule has 0 aliphatic carbocycles. The Bertz CT molecular complexity index is 1860. The summed E-state index contributed by atoms with van der Waals surface area (Å²) < 4.78 is 0. The van der Waals surface area contributed by atoms with E-state index >= 15 is 0 Å². The molecule has 4 aromatic carbocycles. The lowest BCUT2D eigenvalue weighted by molar-refractivity contribution is -0.132. The molecule has 4 aromatic rings. The van der Waals surface area contributed by atoms with Gasteiger partial charge in [0.05, 0.1) is 6.04 Å². The van der Waals surface area contributed by atoms with E-state index in [0.717, 1.165) is 33.0 Å². The van der Waals surface area contributed by atoms with Crippen molar-refractivity contribution in [3.05, 3.63) is 108 Å². The highest BCUT2D eigenvalue weighted by atomic mass is 16.2. The van der Waals surface area contributed by atoms with Crippen molar-refractivity contribution in [2.24, 2.45) is 38.7 Å². The molecule has 286 valence electrons. The largest absolute Gasteiger partial charge is 0.370 e. The number of amides is 3. The molecule has 0 fully saturated rings. The minimum Gasteiger partial charge on any atom is -0.370 e. The summed E-state index contributed by atoms with van der Waals surface area (Å²) >= 11 is 0. The van der Waals surface area contributed by atoms with Gasteiger partial charge in [0, 0.05) is 19.6 Å². The van der Waals surface area contributed by atoms with Crippen molar-refractivity contribution < 1.29 is 14.4 Å². The standard InChI is InChI=1S/C41H54N10O3/c42-34(22-17-28-14-19-32(20-15-28)30-9-2-1-3-10-30)37(52)50-35(13-8-26-49-41(45)46)39(54)51-36(38(53)47-24-6-7-25-48-40(43)44)23-18-29-16-21-31-11-4-5-12-33(31)27-29/h1-5,9-12,14-16,19-21,27,34-36H,6-8,13,17-18,22-26,42H2,(H,47,53)(H,50,52)(H,51,54)(H4,43,44,48)(H4,45,46,49). The summed E-state index contributed by atoms with van der Waals surface area (Å²) in [5, 5.41) is 10.9. The monoisotopic (exact) mass is 734 g/mol. The first-order chi connectivity index (χ1) is 26.1. The molecule has 0 aromatic heterocycles. The normalized spacial score (nSPS) is 12.5. The maximum Gasteiger partial charge on any atom is 0.243 e. The molecule has 0 aliphatic rings. The number of nitrogens with one attached hydrogen (secondary N) is 3. The highest BCUT2D eigenvalue weighted by molar-refractivity contribution is 5.93. The summed E-state index contributed by atoms with van der Waals surface area (Å²) in [7, 11) is 0. The molecule has 13 nitrogen and oxygen atoms in total. The number of benzene rings is 4. The van der Waals surface area contributed by atoms with Gasteiger partial charge >= 0.3 is 0 Å². The summed E-state index contributed by atoms with van der Waals surface area (Å²) in [4.78, 5) is 48.8. The first-order valence-corrected chi connectivity index (χ1v) is 18.5. The molecular formula is C41H54N10O3. The Kier molecular flexibility index (Phi) is 16.3. The molecule has 0 heterocycles. The van der Waals surface area contributed by atoms with Crippen molar-refractivity contribution >= 4 is 40.4 Å². The lowest BCUT2D eigenvalue weighted by atomic mass is 10.00. The SMILES string of the molecule is NC(N)=NCCCCNC(=O)C(CCc1ccc2ccccc2c1)NC(=O)C(CCCN=C(N)N)NC(=O)C(N)CCc1ccc(-c2ccccc2)cc1. The average molecular weight is 735 g/mol. The van der Waals surface area contributed by atoms with Gasteiger partial charge in [-0.25, -0.2) is 0 Å². The molecule has 54 heavy (non-hydrogen) atoms. The van der Waals surface area contributed by atoms with Gasteiger partial charge in [-0.15, -0.1) is 0 Å². The summed E-state index contributed by atoms with van der Waals surface area (Å²) in [6.07, 6.45) is 3.77. The molecule has 0 spiro atoms. The summed E-state index contributed by atoms with van der Waals surface area (Å²) in [6.45, 7) is 1.09. The first-order valence-electron chi connectivity index (χ1n) is 18.5. The van der Waals surface area contributed by atoms with Crippen LogP contribution in [0.15, 0.2) is 107 Å². The fourth-order valence-corrected chi connectivity index (χ4v) is 6.03. The van der Waals surface area contributed by atoms with Crippen LogP contribution < -0.4 is 44.6 Å². The van der Waals surface area contributed by atoms with E-state index in [0.29, 0.717) is 58.0 Å². The van der Waals surface area contributed by atoms with Crippen LogP contribution in [0.3, 0.4) is 0 Å². The number of guanidine groups is 2. The van der Waals surface area contributed by atoms with Crippen LogP contribution in [0.2, 0.25) is 0 Å². The zero-order chi connectivity index (χ0) is 38.7. The van der Waals surface area contributed by atoms with E-state index in [1.807, 2.05) is 78.9 Å². The topological polar surface area (TPSA) is 242 Å². The number of unbranched alkanes of at least 4 members (excludes halogenated alkanes) is 1. The van der Waals surface area contributed by atoms with Crippen molar-refractivity contribution in [2.75, 3.05) is 19.6 Å². The smallest absolute Gasteiger partial charge is 0.243 e. The van der Waals surface area contributed by atoms with E-state index in [2.05, 4.69) is 44.1 Å². The molecule has 13 heteroatoms. The number of carbonyl (C=O) groups is 3. The predicted octanol–water partition coefficient (Wildman–Crippen LogP) is 2.59. The van der Waals surface area contributed by atoms with Gasteiger partial charge in [0.1, 0.15) is 12.1 Å². The van der Waals surface area contributed by atoms with Gasteiger partial charge in [0.25, 0.3) is 0 Å². The zero-order valence-corrected chi connectivity index (χ0v) is 30.8. The molecule has 0 radical (unpaired) electrons. The number of aryl methyl sites for hydroxylation is 2. The molecule has 3 atom stereocenters. The van der Waals surface area contributed by atoms with Crippen molar-refractivity contribution in [1.82, 2.24) is 16.0 Å². The van der Waals surface area contributed by atoms with E-state index in [1.165, 1.54) is 0 Å². The van der Waals surface area contributed by atoms with Crippen LogP contribution in [0, 0.1) is 0 Å². The molecule has 0 aliphatic heterocycles. The van der Waals surface area contributed by atoms with Crippen LogP contribution in [0.1, 0.15) is 49.7 Å². The Morgan fingerprint density at radius 2 is 1.13 bits per heavy atom. The Hall–Kier alpha value is -5.95. The number of hydrogen-bond acceptors (Lipinski definition) is 6. The second-order valence-corrected chi connectivity index (χ2v) is 13.3. The number of aliphatic imine (C=N–C) groups is 2. The van der Waals surface area contributed by atoms with Gasteiger partial charge in [0.15, 0.2) is 11.9 Å². The number of rotatable bonds is 21. The Morgan fingerprint density at radius 3 is 1.83 bits per heavy atom. The molecule has 3 unspecified atom stereocenters. The first kappa shape index (κ1) is 40.8. The number of nitrogens with zero attached hydrogens (tertiary/aromatic N) is 2. The van der Waals surface area contributed by atoms with E-state index in [1.54, 1.807) is 0 Å². The third-order valence-corrected chi connectivity index (χ3v) is 9.07. The van der Waals surface area contributed by atoms with E-state index in [4.69, 9.17) is 28.7 Å². The number of fused-ring (bicyclic) bond motifs is 1.